The lowest BCUT2D eigenvalue weighted by molar-refractivity contribution is -0.137. The third-order valence-corrected chi connectivity index (χ3v) is 3.56. The standard InChI is InChI=1S/C17H26F3N/c1-4-12-21-16(7-5-6-13(2)3)14-8-10-15(11-9-14)17(18,19)20/h8-11,13,16,21H,4-7,12H2,1-3H3. The molecule has 0 amide bonds. The second kappa shape index (κ2) is 8.42. The average molecular weight is 301 g/mol. The van der Waals surface area contributed by atoms with Crippen molar-refractivity contribution in [1.29, 1.82) is 0 Å². The third-order valence-electron chi connectivity index (χ3n) is 3.56. The SMILES string of the molecule is CCCNC(CCCC(C)C)c1ccc(C(F)(F)F)cc1. The first kappa shape index (κ1) is 18.0. The molecular formula is C17H26F3N. The minimum atomic E-state index is -4.26. The van der Waals surface area contributed by atoms with Gasteiger partial charge in [0.15, 0.2) is 0 Å². The molecule has 0 aliphatic carbocycles. The topological polar surface area (TPSA) is 12.0 Å². The van der Waals surface area contributed by atoms with Crippen LogP contribution >= 0.6 is 0 Å². The molecule has 1 unspecified atom stereocenters. The quantitative estimate of drug-likeness (QED) is 0.661. The Kier molecular flexibility index (Phi) is 7.23. The van der Waals surface area contributed by atoms with Crippen molar-refractivity contribution in [2.45, 2.75) is 58.7 Å². The van der Waals surface area contributed by atoms with Crippen molar-refractivity contribution in [3.05, 3.63) is 35.4 Å². The van der Waals surface area contributed by atoms with E-state index in [-0.39, 0.29) is 6.04 Å². The van der Waals surface area contributed by atoms with Crippen LogP contribution in [0.2, 0.25) is 0 Å². The molecule has 0 bridgehead atoms. The highest BCUT2D eigenvalue weighted by Crippen LogP contribution is 2.30. The molecular weight excluding hydrogens is 275 g/mol. The summed E-state index contributed by atoms with van der Waals surface area (Å²) in [5.74, 6) is 0.657. The lowest BCUT2D eigenvalue weighted by atomic mass is 9.97. The van der Waals surface area contributed by atoms with E-state index in [1.54, 1.807) is 12.1 Å². The van der Waals surface area contributed by atoms with Crippen LogP contribution in [0.5, 0.6) is 0 Å². The Morgan fingerprint density at radius 3 is 2.14 bits per heavy atom. The van der Waals surface area contributed by atoms with Gasteiger partial charge in [0.2, 0.25) is 0 Å². The zero-order valence-corrected chi connectivity index (χ0v) is 13.1. The Bertz CT molecular complexity index is 395. The monoisotopic (exact) mass is 301 g/mol. The fourth-order valence-electron chi connectivity index (χ4n) is 2.34. The lowest BCUT2D eigenvalue weighted by Crippen LogP contribution is -2.22. The van der Waals surface area contributed by atoms with Gasteiger partial charge in [0.1, 0.15) is 0 Å². The minimum absolute atomic E-state index is 0.144. The molecule has 0 fully saturated rings. The minimum Gasteiger partial charge on any atom is -0.310 e. The molecule has 0 aliphatic heterocycles. The van der Waals surface area contributed by atoms with Gasteiger partial charge in [-0.2, -0.15) is 13.2 Å². The molecule has 0 radical (unpaired) electrons. The van der Waals surface area contributed by atoms with Crippen LogP contribution in [0.25, 0.3) is 0 Å². The van der Waals surface area contributed by atoms with Gasteiger partial charge in [0.25, 0.3) is 0 Å². The first-order valence-electron chi connectivity index (χ1n) is 7.75. The summed E-state index contributed by atoms with van der Waals surface area (Å²) < 4.78 is 37.8. The second-order valence-electron chi connectivity index (χ2n) is 5.95. The summed E-state index contributed by atoms with van der Waals surface area (Å²) in [5, 5.41) is 3.44. The molecule has 120 valence electrons. The molecule has 21 heavy (non-hydrogen) atoms. The molecule has 1 atom stereocenters. The Balaban J connectivity index is 2.72. The van der Waals surface area contributed by atoms with Crippen LogP contribution in [0, 0.1) is 5.92 Å². The van der Waals surface area contributed by atoms with E-state index in [1.807, 2.05) is 0 Å². The highest BCUT2D eigenvalue weighted by atomic mass is 19.4. The largest absolute Gasteiger partial charge is 0.416 e. The van der Waals surface area contributed by atoms with Crippen LogP contribution in [0.1, 0.15) is 63.6 Å². The first-order chi connectivity index (χ1) is 9.84. The Hall–Kier alpha value is -1.03. The smallest absolute Gasteiger partial charge is 0.310 e. The maximum Gasteiger partial charge on any atom is 0.416 e. The Morgan fingerprint density at radius 2 is 1.67 bits per heavy atom. The lowest BCUT2D eigenvalue weighted by Gasteiger charge is -2.20. The van der Waals surface area contributed by atoms with Crippen molar-refractivity contribution in [3.8, 4) is 0 Å². The van der Waals surface area contributed by atoms with Crippen molar-refractivity contribution in [1.82, 2.24) is 5.32 Å². The van der Waals surface area contributed by atoms with Crippen LogP contribution in [-0.4, -0.2) is 6.54 Å². The summed E-state index contributed by atoms with van der Waals surface area (Å²) >= 11 is 0. The first-order valence-corrected chi connectivity index (χ1v) is 7.75. The maximum atomic E-state index is 12.6. The predicted octanol–water partition coefficient (Wildman–Crippen LogP) is 5.57. The van der Waals surface area contributed by atoms with Gasteiger partial charge in [0, 0.05) is 6.04 Å². The van der Waals surface area contributed by atoms with Crippen molar-refractivity contribution in [2.24, 2.45) is 5.92 Å². The van der Waals surface area contributed by atoms with Crippen molar-refractivity contribution in [3.63, 3.8) is 0 Å². The normalized spacial score (nSPS) is 13.7. The zero-order valence-electron chi connectivity index (χ0n) is 13.1. The fraction of sp³-hybridized carbons (Fsp3) is 0.647. The van der Waals surface area contributed by atoms with Crippen LogP contribution in [-0.2, 0) is 6.18 Å². The molecule has 1 aromatic rings. The number of hydrogen-bond donors (Lipinski definition) is 1. The van der Waals surface area contributed by atoms with Crippen LogP contribution < -0.4 is 5.32 Å². The second-order valence-corrected chi connectivity index (χ2v) is 5.95. The molecule has 0 spiro atoms. The summed E-state index contributed by atoms with van der Waals surface area (Å²) in [6.45, 7) is 7.34. The molecule has 0 saturated carbocycles. The van der Waals surface area contributed by atoms with E-state index in [0.717, 1.165) is 37.8 Å². The summed E-state index contributed by atoms with van der Waals surface area (Å²) in [5.41, 5.74) is 0.364. The van der Waals surface area contributed by atoms with Crippen molar-refractivity contribution >= 4 is 0 Å². The van der Waals surface area contributed by atoms with Gasteiger partial charge in [-0.15, -0.1) is 0 Å². The van der Waals surface area contributed by atoms with Gasteiger partial charge >= 0.3 is 6.18 Å². The molecule has 1 aromatic carbocycles. The number of nitrogens with one attached hydrogen (secondary N) is 1. The summed E-state index contributed by atoms with van der Waals surface area (Å²) in [7, 11) is 0. The molecule has 1 N–H and O–H groups in total. The van der Waals surface area contributed by atoms with E-state index in [4.69, 9.17) is 0 Å². The number of alkyl halides is 3. The Morgan fingerprint density at radius 1 is 1.05 bits per heavy atom. The van der Waals surface area contributed by atoms with Gasteiger partial charge in [-0.3, -0.25) is 0 Å². The van der Waals surface area contributed by atoms with Crippen LogP contribution in [0.4, 0.5) is 13.2 Å². The van der Waals surface area contributed by atoms with E-state index in [9.17, 15) is 13.2 Å². The molecule has 0 aliphatic rings. The van der Waals surface area contributed by atoms with Crippen LogP contribution in [0.15, 0.2) is 24.3 Å². The van der Waals surface area contributed by atoms with Crippen molar-refractivity contribution in [2.75, 3.05) is 6.54 Å². The zero-order chi connectivity index (χ0) is 15.9. The molecule has 0 heterocycles. The summed E-state index contributed by atoms with van der Waals surface area (Å²) in [6, 6.07) is 5.71. The van der Waals surface area contributed by atoms with Gasteiger partial charge < -0.3 is 5.32 Å². The Labute approximate surface area is 125 Å². The highest BCUT2D eigenvalue weighted by molar-refractivity contribution is 5.26. The predicted molar refractivity (Wildman–Crippen MR) is 81.2 cm³/mol. The summed E-state index contributed by atoms with van der Waals surface area (Å²) in [6.07, 6.45) is -0.0572. The van der Waals surface area contributed by atoms with E-state index in [1.165, 1.54) is 12.1 Å². The van der Waals surface area contributed by atoms with Gasteiger partial charge in [-0.25, -0.2) is 0 Å². The van der Waals surface area contributed by atoms with Gasteiger partial charge in [-0.1, -0.05) is 45.7 Å². The van der Waals surface area contributed by atoms with Crippen LogP contribution in [0.3, 0.4) is 0 Å². The molecule has 0 aromatic heterocycles. The molecule has 1 rings (SSSR count). The summed E-state index contributed by atoms with van der Waals surface area (Å²) in [4.78, 5) is 0. The van der Waals surface area contributed by atoms with Crippen molar-refractivity contribution < 1.29 is 13.2 Å². The van der Waals surface area contributed by atoms with E-state index in [2.05, 4.69) is 26.1 Å². The van der Waals surface area contributed by atoms with E-state index in [0.29, 0.717) is 5.92 Å². The highest BCUT2D eigenvalue weighted by Gasteiger charge is 2.30. The number of hydrogen-bond acceptors (Lipinski definition) is 1. The third kappa shape index (κ3) is 6.51. The van der Waals surface area contributed by atoms with Gasteiger partial charge in [-0.05, 0) is 43.0 Å². The number of benzene rings is 1. The van der Waals surface area contributed by atoms with E-state index < -0.39 is 11.7 Å². The maximum absolute atomic E-state index is 12.6. The average Bonchev–Trinajstić information content (AvgIpc) is 2.41. The van der Waals surface area contributed by atoms with Gasteiger partial charge in [0.05, 0.1) is 5.56 Å². The molecule has 4 heteroatoms. The number of rotatable bonds is 8. The fourth-order valence-corrected chi connectivity index (χ4v) is 2.34. The molecule has 0 saturated heterocycles. The molecule has 1 nitrogen and oxygen atoms in total. The number of halogens is 3. The van der Waals surface area contributed by atoms with E-state index >= 15 is 0 Å².